The van der Waals surface area contributed by atoms with Crippen LogP contribution in [0.1, 0.15) is 43.5 Å². The zero-order chi connectivity index (χ0) is 21.8. The number of guanidine groups is 1. The van der Waals surface area contributed by atoms with Crippen LogP contribution in [0.5, 0.6) is 11.5 Å². The van der Waals surface area contributed by atoms with E-state index in [-0.39, 0.29) is 12.3 Å². The number of nitrogens with one attached hydrogen (secondary N) is 3. The van der Waals surface area contributed by atoms with Gasteiger partial charge in [0.15, 0.2) is 5.96 Å². The van der Waals surface area contributed by atoms with Crippen molar-refractivity contribution in [3.63, 3.8) is 0 Å². The van der Waals surface area contributed by atoms with Crippen molar-refractivity contribution in [3.05, 3.63) is 41.2 Å². The summed E-state index contributed by atoms with van der Waals surface area (Å²) in [6, 6.07) is 4.93. The van der Waals surface area contributed by atoms with Crippen molar-refractivity contribution < 1.29 is 18.3 Å². The summed E-state index contributed by atoms with van der Waals surface area (Å²) in [7, 11) is 0. The Morgan fingerprint density at radius 2 is 2.07 bits per heavy atom. The third-order valence-electron chi connectivity index (χ3n) is 4.33. The van der Waals surface area contributed by atoms with E-state index in [4.69, 9.17) is 4.74 Å². The number of hydrogen-bond acceptors (Lipinski definition) is 4. The summed E-state index contributed by atoms with van der Waals surface area (Å²) in [5, 5.41) is 13.4. The van der Waals surface area contributed by atoms with E-state index in [1.807, 2.05) is 27.0 Å². The molecule has 0 saturated heterocycles. The van der Waals surface area contributed by atoms with Crippen molar-refractivity contribution in [2.45, 2.75) is 53.2 Å². The molecule has 1 aromatic heterocycles. The minimum atomic E-state index is -2.91. The van der Waals surface area contributed by atoms with Crippen LogP contribution in [0.4, 0.5) is 8.78 Å². The molecule has 3 N–H and O–H groups in total. The number of ether oxygens (including phenoxy) is 2. The Morgan fingerprint density at radius 1 is 1.23 bits per heavy atom. The number of benzene rings is 1. The summed E-state index contributed by atoms with van der Waals surface area (Å²) in [5.41, 5.74) is 2.83. The maximum absolute atomic E-state index is 12.8. The Kier molecular flexibility index (Phi) is 9.90. The number of rotatable bonds is 12. The van der Waals surface area contributed by atoms with Crippen LogP contribution in [0.2, 0.25) is 0 Å². The zero-order valence-corrected chi connectivity index (χ0v) is 17.8. The van der Waals surface area contributed by atoms with Crippen LogP contribution in [0, 0.1) is 6.92 Å². The van der Waals surface area contributed by atoms with Gasteiger partial charge in [-0.25, -0.2) is 4.99 Å². The van der Waals surface area contributed by atoms with E-state index in [0.717, 1.165) is 31.5 Å². The lowest BCUT2D eigenvalue weighted by Crippen LogP contribution is -2.37. The quantitative estimate of drug-likeness (QED) is 0.275. The van der Waals surface area contributed by atoms with Gasteiger partial charge in [0.25, 0.3) is 0 Å². The van der Waals surface area contributed by atoms with Crippen LogP contribution in [0.25, 0.3) is 0 Å². The fourth-order valence-electron chi connectivity index (χ4n) is 2.80. The highest BCUT2D eigenvalue weighted by atomic mass is 19.3. The highest BCUT2D eigenvalue weighted by Crippen LogP contribution is 2.27. The molecule has 2 aromatic rings. The Balaban J connectivity index is 1.98. The minimum Gasteiger partial charge on any atom is -0.493 e. The number of nitrogens with zero attached hydrogens (tertiary/aromatic N) is 2. The lowest BCUT2D eigenvalue weighted by atomic mass is 10.1. The van der Waals surface area contributed by atoms with E-state index < -0.39 is 6.61 Å². The third kappa shape index (κ3) is 7.88. The predicted octanol–water partition coefficient (Wildman–Crippen LogP) is 3.80. The first-order valence-electron chi connectivity index (χ1n) is 10.2. The van der Waals surface area contributed by atoms with Gasteiger partial charge in [0.05, 0.1) is 19.3 Å². The average molecular weight is 424 g/mol. The molecule has 166 valence electrons. The van der Waals surface area contributed by atoms with Gasteiger partial charge < -0.3 is 20.1 Å². The van der Waals surface area contributed by atoms with Crippen molar-refractivity contribution >= 4 is 5.96 Å². The molecule has 0 fully saturated rings. The van der Waals surface area contributed by atoms with Crippen LogP contribution in [0.15, 0.2) is 29.4 Å². The van der Waals surface area contributed by atoms with Crippen molar-refractivity contribution in [2.75, 3.05) is 19.7 Å². The number of aryl methyl sites for hydroxylation is 2. The molecule has 7 nitrogen and oxygen atoms in total. The number of alkyl halides is 2. The molecule has 0 atom stereocenters. The summed E-state index contributed by atoms with van der Waals surface area (Å²) in [6.45, 7) is 5.16. The third-order valence-corrected chi connectivity index (χ3v) is 4.33. The van der Waals surface area contributed by atoms with Gasteiger partial charge in [0.2, 0.25) is 0 Å². The molecule has 1 heterocycles. The van der Waals surface area contributed by atoms with Crippen LogP contribution in [0.3, 0.4) is 0 Å². The van der Waals surface area contributed by atoms with E-state index in [2.05, 4.69) is 30.6 Å². The normalized spacial score (nSPS) is 11.6. The monoisotopic (exact) mass is 423 g/mol. The van der Waals surface area contributed by atoms with Crippen molar-refractivity contribution in [1.29, 1.82) is 0 Å². The van der Waals surface area contributed by atoms with E-state index in [1.165, 1.54) is 11.6 Å². The van der Waals surface area contributed by atoms with Crippen LogP contribution in [-0.2, 0) is 13.0 Å². The molecule has 0 saturated carbocycles. The Hall–Kier alpha value is -2.84. The molecule has 0 aliphatic carbocycles. The second-order valence-corrected chi connectivity index (χ2v) is 6.74. The van der Waals surface area contributed by atoms with Crippen LogP contribution >= 0.6 is 0 Å². The van der Waals surface area contributed by atoms with Gasteiger partial charge in [-0.1, -0.05) is 6.92 Å². The average Bonchev–Trinajstić information content (AvgIpc) is 3.12. The number of halogens is 2. The molecule has 0 spiro atoms. The van der Waals surface area contributed by atoms with E-state index in [1.54, 1.807) is 12.1 Å². The van der Waals surface area contributed by atoms with Crippen molar-refractivity contribution in [1.82, 2.24) is 20.8 Å². The lowest BCUT2D eigenvalue weighted by Gasteiger charge is -2.14. The maximum atomic E-state index is 12.8. The summed E-state index contributed by atoms with van der Waals surface area (Å²) >= 11 is 0. The largest absolute Gasteiger partial charge is 0.493 e. The summed E-state index contributed by atoms with van der Waals surface area (Å²) in [6.07, 6.45) is 4.48. The highest BCUT2D eigenvalue weighted by Gasteiger charge is 2.12. The van der Waals surface area contributed by atoms with Gasteiger partial charge in [-0.15, -0.1) is 0 Å². The molecule has 2 rings (SSSR count). The van der Waals surface area contributed by atoms with Gasteiger partial charge in [-0.05, 0) is 50.8 Å². The molecule has 0 aliphatic rings. The minimum absolute atomic E-state index is 0.0774. The number of H-pyrrole nitrogens is 1. The first-order chi connectivity index (χ1) is 14.5. The van der Waals surface area contributed by atoms with E-state index >= 15 is 0 Å². The van der Waals surface area contributed by atoms with Gasteiger partial charge in [0, 0.05) is 30.4 Å². The number of aliphatic imine (C=N–C) groups is 1. The predicted molar refractivity (Wildman–Crippen MR) is 113 cm³/mol. The standard InChI is InChI=1S/C21H31F2N5O2/c1-4-11-29-18-9-8-17(19(12-18)30-20(22)23)13-26-21(24-5-2)25-10-6-7-16-14-27-28-15(16)3/h8-9,12,14,20H,4-7,10-11,13H2,1-3H3,(H,27,28)(H2,24,25,26). The second-order valence-electron chi connectivity index (χ2n) is 6.74. The fraction of sp³-hybridized carbons (Fsp3) is 0.524. The molecule has 0 radical (unpaired) electrons. The Bertz CT molecular complexity index is 795. The molecular formula is C21H31F2N5O2. The van der Waals surface area contributed by atoms with E-state index in [0.29, 0.717) is 30.4 Å². The molecule has 9 heteroatoms. The second kappa shape index (κ2) is 12.7. The molecular weight excluding hydrogens is 392 g/mol. The van der Waals surface area contributed by atoms with Crippen molar-refractivity contribution in [3.8, 4) is 11.5 Å². The Labute approximate surface area is 176 Å². The number of aromatic nitrogens is 2. The fourth-order valence-corrected chi connectivity index (χ4v) is 2.80. The smallest absolute Gasteiger partial charge is 0.387 e. The molecule has 1 aromatic carbocycles. The van der Waals surface area contributed by atoms with Gasteiger partial charge in [-0.3, -0.25) is 5.10 Å². The first kappa shape index (κ1) is 23.4. The molecule has 0 aliphatic heterocycles. The molecule has 30 heavy (non-hydrogen) atoms. The van der Waals surface area contributed by atoms with Gasteiger partial charge in [-0.2, -0.15) is 13.9 Å². The Morgan fingerprint density at radius 3 is 2.73 bits per heavy atom. The van der Waals surface area contributed by atoms with E-state index in [9.17, 15) is 8.78 Å². The van der Waals surface area contributed by atoms with Gasteiger partial charge >= 0.3 is 6.61 Å². The topological polar surface area (TPSA) is 83.6 Å². The zero-order valence-electron chi connectivity index (χ0n) is 17.8. The first-order valence-corrected chi connectivity index (χ1v) is 10.2. The molecule has 0 bridgehead atoms. The highest BCUT2D eigenvalue weighted by molar-refractivity contribution is 5.79. The lowest BCUT2D eigenvalue weighted by molar-refractivity contribution is -0.0505. The van der Waals surface area contributed by atoms with Crippen LogP contribution in [-0.4, -0.2) is 42.5 Å². The SMILES string of the molecule is CCCOc1ccc(CN=C(NCC)NCCCc2cn[nH]c2C)c(OC(F)F)c1. The number of aromatic amines is 1. The summed E-state index contributed by atoms with van der Waals surface area (Å²) in [5.74, 6) is 1.20. The maximum Gasteiger partial charge on any atom is 0.387 e. The molecule has 0 unspecified atom stereocenters. The summed E-state index contributed by atoms with van der Waals surface area (Å²) in [4.78, 5) is 4.51. The number of hydrogen-bond donors (Lipinski definition) is 3. The summed E-state index contributed by atoms with van der Waals surface area (Å²) < 4.78 is 35.8. The van der Waals surface area contributed by atoms with Crippen LogP contribution < -0.4 is 20.1 Å². The molecule has 0 amide bonds. The van der Waals surface area contributed by atoms with Gasteiger partial charge in [0.1, 0.15) is 11.5 Å². The van der Waals surface area contributed by atoms with Crippen molar-refractivity contribution in [2.24, 2.45) is 4.99 Å².